The van der Waals surface area contributed by atoms with Crippen LogP contribution < -0.4 is 14.5 Å². The van der Waals surface area contributed by atoms with Gasteiger partial charge >= 0.3 is 12.0 Å². The number of imidazole rings is 1. The summed E-state index contributed by atoms with van der Waals surface area (Å²) in [5, 5.41) is 0. The third-order valence-corrected chi connectivity index (χ3v) is 8.42. The molecular formula is C33H35N7O5. The van der Waals surface area contributed by atoms with Crippen molar-refractivity contribution in [3.63, 3.8) is 0 Å². The lowest BCUT2D eigenvalue weighted by atomic mass is 9.85. The van der Waals surface area contributed by atoms with Crippen LogP contribution in [-0.4, -0.2) is 75.1 Å². The minimum atomic E-state index is -1.17. The number of urea groups is 1. The van der Waals surface area contributed by atoms with Crippen LogP contribution in [0.2, 0.25) is 0 Å². The number of hydrogen-bond acceptors (Lipinski definition) is 9. The maximum atomic E-state index is 14.4. The van der Waals surface area contributed by atoms with Gasteiger partial charge in [-0.3, -0.25) is 14.6 Å². The number of benzene rings is 2. The van der Waals surface area contributed by atoms with Crippen molar-refractivity contribution >= 4 is 29.4 Å². The van der Waals surface area contributed by atoms with Crippen LogP contribution in [0.4, 0.5) is 16.3 Å². The second-order valence-electron chi connectivity index (χ2n) is 11.1. The fourth-order valence-corrected chi connectivity index (χ4v) is 5.95. The number of carbonyl (C=O) groups is 3. The van der Waals surface area contributed by atoms with Gasteiger partial charge in [-0.2, -0.15) is 0 Å². The molecule has 2 aliphatic rings. The summed E-state index contributed by atoms with van der Waals surface area (Å²) < 4.78 is 10.7. The molecule has 2 saturated heterocycles. The van der Waals surface area contributed by atoms with Gasteiger partial charge in [0.1, 0.15) is 23.4 Å². The van der Waals surface area contributed by atoms with Crippen molar-refractivity contribution < 1.29 is 23.9 Å². The van der Waals surface area contributed by atoms with Gasteiger partial charge in [0.05, 0.1) is 31.4 Å². The summed E-state index contributed by atoms with van der Waals surface area (Å²) in [4.78, 5) is 61.8. The summed E-state index contributed by atoms with van der Waals surface area (Å²) >= 11 is 0. The van der Waals surface area contributed by atoms with E-state index < -0.39 is 17.5 Å². The number of rotatable bonds is 10. The number of ether oxygens (including phenoxy) is 2. The number of H-pyrrole nitrogens is 1. The van der Waals surface area contributed by atoms with E-state index in [0.29, 0.717) is 62.0 Å². The molecule has 12 heteroatoms. The van der Waals surface area contributed by atoms with Crippen LogP contribution in [0.3, 0.4) is 0 Å². The van der Waals surface area contributed by atoms with Gasteiger partial charge in [-0.1, -0.05) is 55.8 Å². The van der Waals surface area contributed by atoms with E-state index >= 15 is 0 Å². The zero-order chi connectivity index (χ0) is 31.4. The molecule has 12 nitrogen and oxygen atoms in total. The van der Waals surface area contributed by atoms with Gasteiger partial charge in [-0.15, -0.1) is 0 Å². The molecule has 2 fully saturated rings. The van der Waals surface area contributed by atoms with Crippen LogP contribution in [-0.2, 0) is 16.1 Å². The number of unbranched alkanes of at least 4 members (excludes halogenated alkanes) is 1. The number of amides is 3. The molecule has 0 radical (unpaired) electrons. The van der Waals surface area contributed by atoms with Gasteiger partial charge in [-0.05, 0) is 42.5 Å². The first-order chi connectivity index (χ1) is 21.9. The average molecular weight is 610 g/mol. The molecule has 0 saturated carbocycles. The van der Waals surface area contributed by atoms with Crippen LogP contribution in [0.15, 0.2) is 73.3 Å². The van der Waals surface area contributed by atoms with Crippen LogP contribution >= 0.6 is 0 Å². The standard InChI is InChI=1S/C33H35N7O5/c1-3-4-18-45-30(41)29-26(34-21-37-29)20-38-16-14-33(15-17-38)31(42)39(32(43)40(33)27-19-28(44-2)36-22-35-27)25-12-10-24(11-13-25)23-8-6-5-7-9-23/h5-13,19,21-22H,3-4,14-18,20H2,1-2H3,(H,34,37). The summed E-state index contributed by atoms with van der Waals surface area (Å²) in [5.74, 6) is -0.159. The van der Waals surface area contributed by atoms with E-state index in [1.807, 2.05) is 49.4 Å². The van der Waals surface area contributed by atoms with Crippen molar-refractivity contribution in [2.75, 3.05) is 36.6 Å². The summed E-state index contributed by atoms with van der Waals surface area (Å²) in [6.07, 6.45) is 5.23. The van der Waals surface area contributed by atoms with Crippen molar-refractivity contribution in [2.24, 2.45) is 0 Å². The van der Waals surface area contributed by atoms with Crippen molar-refractivity contribution in [3.05, 3.63) is 84.7 Å². The van der Waals surface area contributed by atoms with Gasteiger partial charge in [-0.25, -0.2) is 29.4 Å². The molecule has 45 heavy (non-hydrogen) atoms. The van der Waals surface area contributed by atoms with Gasteiger partial charge in [0, 0.05) is 25.7 Å². The molecule has 0 atom stereocenters. The predicted octanol–water partition coefficient (Wildman–Crippen LogP) is 4.84. The fourth-order valence-electron chi connectivity index (χ4n) is 5.95. The Kier molecular flexibility index (Phi) is 8.56. The van der Waals surface area contributed by atoms with E-state index in [9.17, 15) is 14.4 Å². The number of piperidine rings is 1. The molecule has 1 spiro atoms. The largest absolute Gasteiger partial charge is 0.481 e. The molecule has 1 N–H and O–H groups in total. The first kappa shape index (κ1) is 29.9. The smallest absolute Gasteiger partial charge is 0.356 e. The highest BCUT2D eigenvalue weighted by Gasteiger charge is 2.59. The third-order valence-electron chi connectivity index (χ3n) is 8.42. The number of aromatic nitrogens is 4. The van der Waals surface area contributed by atoms with Crippen molar-refractivity contribution in [1.29, 1.82) is 0 Å². The van der Waals surface area contributed by atoms with Gasteiger partial charge in [0.25, 0.3) is 5.91 Å². The average Bonchev–Trinajstić information content (AvgIpc) is 3.62. The molecule has 6 rings (SSSR count). The molecule has 4 heterocycles. The molecule has 4 aromatic rings. The number of nitrogens with zero attached hydrogens (tertiary/aromatic N) is 6. The normalized spacial score (nSPS) is 16.4. The second-order valence-corrected chi connectivity index (χ2v) is 11.1. The Bertz CT molecular complexity index is 1670. The molecule has 232 valence electrons. The first-order valence-electron chi connectivity index (χ1n) is 15.1. The van der Waals surface area contributed by atoms with Crippen molar-refractivity contribution in [1.82, 2.24) is 24.8 Å². The van der Waals surface area contributed by atoms with E-state index in [4.69, 9.17) is 9.47 Å². The van der Waals surface area contributed by atoms with E-state index in [0.717, 1.165) is 24.0 Å². The lowest BCUT2D eigenvalue weighted by Crippen LogP contribution is -2.57. The van der Waals surface area contributed by atoms with Crippen LogP contribution in [0, 0.1) is 0 Å². The lowest BCUT2D eigenvalue weighted by molar-refractivity contribution is -0.123. The molecule has 2 aromatic carbocycles. The second kappa shape index (κ2) is 12.9. The Hall–Kier alpha value is -5.10. The maximum Gasteiger partial charge on any atom is 0.356 e. The highest BCUT2D eigenvalue weighted by Crippen LogP contribution is 2.42. The van der Waals surface area contributed by atoms with Gasteiger partial charge < -0.3 is 14.5 Å². The zero-order valence-electron chi connectivity index (χ0n) is 25.3. The number of likely N-dealkylation sites (tertiary alicyclic amines) is 1. The Morgan fingerprint density at radius 3 is 2.42 bits per heavy atom. The molecule has 2 aliphatic heterocycles. The summed E-state index contributed by atoms with van der Waals surface area (Å²) in [5.41, 5.74) is 2.25. The summed E-state index contributed by atoms with van der Waals surface area (Å²) in [6, 6.07) is 18.4. The Balaban J connectivity index is 1.26. The number of methoxy groups -OCH3 is 1. The van der Waals surface area contributed by atoms with Crippen molar-refractivity contribution in [2.45, 2.75) is 44.7 Å². The number of imide groups is 1. The van der Waals surface area contributed by atoms with Gasteiger partial charge in [0.2, 0.25) is 5.88 Å². The molecule has 2 aromatic heterocycles. The number of anilines is 2. The Labute approximate surface area is 261 Å². The molecular weight excluding hydrogens is 574 g/mol. The first-order valence-corrected chi connectivity index (χ1v) is 15.1. The SMILES string of the molecule is CCCCOC(=O)c1[nH]cnc1CN1CCC2(CC1)C(=O)N(c1ccc(-c3ccccc3)cc1)C(=O)N2c1cc(OC)ncn1. The number of aromatic amines is 1. The minimum Gasteiger partial charge on any atom is -0.481 e. The van der Waals surface area contributed by atoms with Crippen LogP contribution in [0.25, 0.3) is 11.1 Å². The molecule has 0 aliphatic carbocycles. The number of nitrogens with one attached hydrogen (secondary N) is 1. The van der Waals surface area contributed by atoms with Crippen LogP contribution in [0.1, 0.15) is 48.8 Å². The number of esters is 1. The monoisotopic (exact) mass is 609 g/mol. The van der Waals surface area contributed by atoms with Gasteiger partial charge in [0.15, 0.2) is 0 Å². The van der Waals surface area contributed by atoms with E-state index in [2.05, 4.69) is 24.8 Å². The van der Waals surface area contributed by atoms with E-state index in [-0.39, 0.29) is 11.8 Å². The zero-order valence-corrected chi connectivity index (χ0v) is 25.3. The Morgan fingerprint density at radius 2 is 1.71 bits per heavy atom. The quantitative estimate of drug-likeness (QED) is 0.152. The van der Waals surface area contributed by atoms with E-state index in [1.165, 1.54) is 29.6 Å². The predicted molar refractivity (Wildman–Crippen MR) is 167 cm³/mol. The van der Waals surface area contributed by atoms with E-state index in [1.54, 1.807) is 18.2 Å². The summed E-state index contributed by atoms with van der Waals surface area (Å²) in [7, 11) is 1.49. The number of carbonyl (C=O) groups excluding carboxylic acids is 3. The molecule has 3 amide bonds. The molecule has 0 bridgehead atoms. The number of hydrogen-bond donors (Lipinski definition) is 1. The summed E-state index contributed by atoms with van der Waals surface area (Å²) in [6.45, 7) is 3.74. The highest BCUT2D eigenvalue weighted by atomic mass is 16.5. The van der Waals surface area contributed by atoms with Crippen LogP contribution in [0.5, 0.6) is 5.88 Å². The topological polar surface area (TPSA) is 134 Å². The van der Waals surface area contributed by atoms with Crippen molar-refractivity contribution in [3.8, 4) is 17.0 Å². The fraction of sp³-hybridized carbons (Fsp3) is 0.333. The third kappa shape index (κ3) is 5.76. The Morgan fingerprint density at radius 1 is 0.978 bits per heavy atom. The lowest BCUT2D eigenvalue weighted by Gasteiger charge is -2.41. The minimum absolute atomic E-state index is 0.287. The highest BCUT2D eigenvalue weighted by molar-refractivity contribution is 6.30. The maximum absolute atomic E-state index is 14.4. The molecule has 0 unspecified atom stereocenters.